The van der Waals surface area contributed by atoms with Crippen LogP contribution in [0.1, 0.15) is 19.0 Å². The van der Waals surface area contributed by atoms with E-state index >= 15 is 0 Å². The van der Waals surface area contributed by atoms with E-state index in [2.05, 4.69) is 33.2 Å². The number of nitrogens with one attached hydrogen (secondary N) is 1. The third-order valence-electron chi connectivity index (χ3n) is 2.91. The third-order valence-corrected chi connectivity index (χ3v) is 2.91. The van der Waals surface area contributed by atoms with Crippen molar-refractivity contribution in [1.29, 1.82) is 5.26 Å². The van der Waals surface area contributed by atoms with Crippen LogP contribution in [0.15, 0.2) is 6.07 Å². The van der Waals surface area contributed by atoms with Crippen molar-refractivity contribution in [3.63, 3.8) is 0 Å². The van der Waals surface area contributed by atoms with Gasteiger partial charge in [-0.3, -0.25) is 0 Å². The summed E-state index contributed by atoms with van der Waals surface area (Å²) in [5, 5.41) is 12.1. The zero-order valence-electron chi connectivity index (χ0n) is 11.4. The van der Waals surface area contributed by atoms with Crippen LogP contribution in [0.3, 0.4) is 0 Å². The van der Waals surface area contributed by atoms with E-state index in [-0.39, 0.29) is 6.10 Å². The minimum absolute atomic E-state index is 0.379. The maximum absolute atomic E-state index is 8.93. The van der Waals surface area contributed by atoms with Gasteiger partial charge in [0.1, 0.15) is 5.82 Å². The van der Waals surface area contributed by atoms with Gasteiger partial charge in [0.05, 0.1) is 19.2 Å². The molecule has 102 valence electrons. The number of anilines is 2. The number of hydrogen-bond acceptors (Lipinski definition) is 6. The van der Waals surface area contributed by atoms with Gasteiger partial charge in [-0.15, -0.1) is 0 Å². The van der Waals surface area contributed by atoms with Gasteiger partial charge in [0, 0.05) is 24.8 Å². The second-order valence-electron chi connectivity index (χ2n) is 4.55. The van der Waals surface area contributed by atoms with Crippen LogP contribution >= 0.6 is 0 Å². The molecule has 1 atom stereocenters. The molecule has 0 aliphatic carbocycles. The Morgan fingerprint density at radius 3 is 3.16 bits per heavy atom. The van der Waals surface area contributed by atoms with E-state index in [1.54, 1.807) is 0 Å². The van der Waals surface area contributed by atoms with Crippen molar-refractivity contribution < 1.29 is 4.74 Å². The number of aromatic nitrogens is 2. The lowest BCUT2D eigenvalue weighted by Crippen LogP contribution is -2.42. The number of morpholine rings is 1. The summed E-state index contributed by atoms with van der Waals surface area (Å²) in [7, 11) is 0. The summed E-state index contributed by atoms with van der Waals surface area (Å²) in [6.45, 7) is 6.77. The fourth-order valence-electron chi connectivity index (χ4n) is 1.97. The van der Waals surface area contributed by atoms with E-state index in [1.807, 2.05) is 13.0 Å². The minimum atomic E-state index is -0.379. The number of nitrogens with zero attached hydrogens (tertiary/aromatic N) is 4. The highest BCUT2D eigenvalue weighted by molar-refractivity contribution is 5.45. The van der Waals surface area contributed by atoms with Crippen LogP contribution in [-0.4, -0.2) is 42.3 Å². The molecule has 0 spiro atoms. The van der Waals surface area contributed by atoms with Gasteiger partial charge in [-0.2, -0.15) is 10.2 Å². The molecule has 2 heterocycles. The van der Waals surface area contributed by atoms with E-state index in [1.165, 1.54) is 0 Å². The Labute approximate surface area is 113 Å². The first-order valence-electron chi connectivity index (χ1n) is 6.58. The summed E-state index contributed by atoms with van der Waals surface area (Å²) in [5.74, 6) is 1.51. The Kier molecular flexibility index (Phi) is 4.53. The zero-order valence-corrected chi connectivity index (χ0v) is 11.4. The Morgan fingerprint density at radius 2 is 2.42 bits per heavy atom. The molecule has 19 heavy (non-hydrogen) atoms. The Hall–Kier alpha value is -1.87. The number of aryl methyl sites for hydroxylation is 1. The molecule has 1 aliphatic heterocycles. The number of nitriles is 1. The van der Waals surface area contributed by atoms with Gasteiger partial charge >= 0.3 is 0 Å². The van der Waals surface area contributed by atoms with Crippen LogP contribution in [0.4, 0.5) is 11.8 Å². The standard InChI is InChI=1S/C13H19N5O/c1-3-4-15-13-16-10(2)7-12(17-13)18-5-6-19-11(8-14)9-18/h7,11H,3-6,9H2,1-2H3,(H,15,16,17). The molecule has 6 nitrogen and oxygen atoms in total. The molecule has 1 unspecified atom stereocenters. The molecule has 0 radical (unpaired) electrons. The lowest BCUT2D eigenvalue weighted by atomic mass is 10.3. The Bertz CT molecular complexity index is 471. The molecule has 0 saturated carbocycles. The molecule has 0 bridgehead atoms. The second kappa shape index (κ2) is 6.34. The smallest absolute Gasteiger partial charge is 0.224 e. The fraction of sp³-hybridized carbons (Fsp3) is 0.615. The Morgan fingerprint density at radius 1 is 1.58 bits per heavy atom. The maximum atomic E-state index is 8.93. The van der Waals surface area contributed by atoms with Gasteiger partial charge in [0.15, 0.2) is 6.10 Å². The molecule has 1 aliphatic rings. The first-order valence-corrected chi connectivity index (χ1v) is 6.58. The lowest BCUT2D eigenvalue weighted by molar-refractivity contribution is 0.0761. The average molecular weight is 261 g/mol. The van der Waals surface area contributed by atoms with Gasteiger partial charge in [-0.05, 0) is 13.3 Å². The molecule has 1 fully saturated rings. The highest BCUT2D eigenvalue weighted by Crippen LogP contribution is 2.17. The molecule has 6 heteroatoms. The van der Waals surface area contributed by atoms with E-state index in [9.17, 15) is 0 Å². The SMILES string of the molecule is CCCNc1nc(C)cc(N2CCOC(C#N)C2)n1. The maximum Gasteiger partial charge on any atom is 0.224 e. The van der Waals surface area contributed by atoms with Crippen molar-refractivity contribution in [2.45, 2.75) is 26.4 Å². The molecule has 0 aromatic carbocycles. The monoisotopic (exact) mass is 261 g/mol. The van der Waals surface area contributed by atoms with Gasteiger partial charge in [0.2, 0.25) is 5.95 Å². The molecule has 0 amide bonds. The van der Waals surface area contributed by atoms with Crippen LogP contribution < -0.4 is 10.2 Å². The predicted octanol–water partition coefficient (Wildman–Crippen LogP) is 1.34. The summed E-state index contributed by atoms with van der Waals surface area (Å²) in [6, 6.07) is 4.09. The van der Waals surface area contributed by atoms with Crippen LogP contribution in [0.5, 0.6) is 0 Å². The van der Waals surface area contributed by atoms with Crippen molar-refractivity contribution in [3.8, 4) is 6.07 Å². The number of hydrogen-bond donors (Lipinski definition) is 1. The molecular weight excluding hydrogens is 242 g/mol. The van der Waals surface area contributed by atoms with Crippen LogP contribution in [0.25, 0.3) is 0 Å². The number of ether oxygens (including phenoxy) is 1. The Balaban J connectivity index is 2.14. The van der Waals surface area contributed by atoms with Gasteiger partial charge in [0.25, 0.3) is 0 Å². The molecule has 2 rings (SSSR count). The summed E-state index contributed by atoms with van der Waals surface area (Å²) >= 11 is 0. The van der Waals surface area contributed by atoms with E-state index < -0.39 is 0 Å². The summed E-state index contributed by atoms with van der Waals surface area (Å²) in [6.07, 6.45) is 0.650. The molecule has 1 aromatic rings. The molecule has 1 N–H and O–H groups in total. The van der Waals surface area contributed by atoms with Crippen molar-refractivity contribution >= 4 is 11.8 Å². The number of rotatable bonds is 4. The largest absolute Gasteiger partial charge is 0.360 e. The average Bonchev–Trinajstić information content (AvgIpc) is 2.44. The second-order valence-corrected chi connectivity index (χ2v) is 4.55. The van der Waals surface area contributed by atoms with Gasteiger partial charge in [-0.1, -0.05) is 6.92 Å². The fourth-order valence-corrected chi connectivity index (χ4v) is 1.97. The van der Waals surface area contributed by atoms with Gasteiger partial charge in [-0.25, -0.2) is 4.98 Å². The highest BCUT2D eigenvalue weighted by atomic mass is 16.5. The van der Waals surface area contributed by atoms with Crippen LogP contribution in [0.2, 0.25) is 0 Å². The van der Waals surface area contributed by atoms with Gasteiger partial charge < -0.3 is 15.0 Å². The van der Waals surface area contributed by atoms with Crippen LogP contribution in [0, 0.1) is 18.3 Å². The lowest BCUT2D eigenvalue weighted by Gasteiger charge is -2.30. The quantitative estimate of drug-likeness (QED) is 0.881. The van der Waals surface area contributed by atoms with Crippen molar-refractivity contribution in [2.75, 3.05) is 36.5 Å². The molecule has 1 aromatic heterocycles. The summed E-state index contributed by atoms with van der Waals surface area (Å²) in [5.41, 5.74) is 0.920. The van der Waals surface area contributed by atoms with Crippen molar-refractivity contribution in [2.24, 2.45) is 0 Å². The normalized spacial score (nSPS) is 19.0. The van der Waals surface area contributed by atoms with E-state index in [0.29, 0.717) is 19.1 Å². The molecular formula is C13H19N5O. The predicted molar refractivity (Wildman–Crippen MR) is 73.1 cm³/mol. The van der Waals surface area contributed by atoms with Crippen LogP contribution in [-0.2, 0) is 4.74 Å². The first-order chi connectivity index (χ1) is 9.22. The van der Waals surface area contributed by atoms with E-state index in [4.69, 9.17) is 10.00 Å². The van der Waals surface area contributed by atoms with E-state index in [0.717, 1.165) is 31.0 Å². The third kappa shape index (κ3) is 3.55. The zero-order chi connectivity index (χ0) is 13.7. The van der Waals surface area contributed by atoms with Crippen molar-refractivity contribution in [3.05, 3.63) is 11.8 Å². The summed E-state index contributed by atoms with van der Waals surface area (Å²) < 4.78 is 5.34. The first kappa shape index (κ1) is 13.6. The minimum Gasteiger partial charge on any atom is -0.360 e. The molecule has 1 saturated heterocycles. The van der Waals surface area contributed by atoms with Crippen molar-refractivity contribution in [1.82, 2.24) is 9.97 Å². The summed E-state index contributed by atoms with van der Waals surface area (Å²) in [4.78, 5) is 10.9. The highest BCUT2D eigenvalue weighted by Gasteiger charge is 2.21. The topological polar surface area (TPSA) is 74.1 Å².